The molecule has 7 heteroatoms. The van der Waals surface area contributed by atoms with Crippen molar-refractivity contribution >= 4 is 45.9 Å². The van der Waals surface area contributed by atoms with Crippen molar-refractivity contribution in [3.8, 4) is 17.2 Å². The number of carbonyl (C=O) groups excluding carboxylic acids is 1. The number of halogens is 2. The van der Waals surface area contributed by atoms with Crippen LogP contribution in [-0.2, 0) is 0 Å². The van der Waals surface area contributed by atoms with E-state index in [2.05, 4.69) is 10.3 Å². The number of oxazole rings is 1. The third-order valence-electron chi connectivity index (χ3n) is 4.27. The normalized spacial score (nSPS) is 11.1. The maximum Gasteiger partial charge on any atom is 0.255 e. The molecule has 0 saturated carbocycles. The van der Waals surface area contributed by atoms with Crippen molar-refractivity contribution in [1.82, 2.24) is 4.98 Å². The molecule has 4 rings (SSSR count). The van der Waals surface area contributed by atoms with Crippen LogP contribution in [0.5, 0.6) is 5.75 Å². The van der Waals surface area contributed by atoms with Crippen molar-refractivity contribution in [2.24, 2.45) is 0 Å². The number of nitrogens with one attached hydrogen (secondary N) is 1. The summed E-state index contributed by atoms with van der Waals surface area (Å²) in [5.41, 5.74) is 2.89. The van der Waals surface area contributed by atoms with Gasteiger partial charge in [0.15, 0.2) is 5.58 Å². The van der Waals surface area contributed by atoms with E-state index in [0.29, 0.717) is 43.9 Å². The van der Waals surface area contributed by atoms with Gasteiger partial charge in [-0.1, -0.05) is 29.3 Å². The van der Waals surface area contributed by atoms with Crippen molar-refractivity contribution in [3.63, 3.8) is 0 Å². The van der Waals surface area contributed by atoms with Crippen molar-refractivity contribution in [3.05, 3.63) is 76.3 Å². The molecule has 1 aromatic heterocycles. The molecular formula is C23H18Cl2N2O3. The molecule has 5 nitrogen and oxygen atoms in total. The zero-order valence-electron chi connectivity index (χ0n) is 16.3. The smallest absolute Gasteiger partial charge is 0.255 e. The standard InChI is InChI=1S/C23H18Cl2N2O3/c1-13(2)29-18-8-6-14(7-9-18)22(28)26-17-5-3-4-15(10-17)23-27-20-12-16(24)11-19(25)21(20)30-23/h3-13H,1-2H3,(H,26,28). The lowest BCUT2D eigenvalue weighted by molar-refractivity contribution is 0.102. The fourth-order valence-electron chi connectivity index (χ4n) is 2.97. The number of ether oxygens (including phenoxy) is 1. The zero-order chi connectivity index (χ0) is 21.3. The number of rotatable bonds is 5. The van der Waals surface area contributed by atoms with Crippen LogP contribution in [-0.4, -0.2) is 17.0 Å². The average molecular weight is 441 g/mol. The summed E-state index contributed by atoms with van der Waals surface area (Å²) < 4.78 is 11.4. The van der Waals surface area contributed by atoms with E-state index in [-0.39, 0.29) is 12.0 Å². The van der Waals surface area contributed by atoms with Gasteiger partial charge < -0.3 is 14.5 Å². The minimum absolute atomic E-state index is 0.0742. The molecule has 4 aromatic rings. The Balaban J connectivity index is 1.55. The Hall–Kier alpha value is -3.02. The lowest BCUT2D eigenvalue weighted by Crippen LogP contribution is -2.12. The third kappa shape index (κ3) is 4.42. The largest absolute Gasteiger partial charge is 0.491 e. The summed E-state index contributed by atoms with van der Waals surface area (Å²) in [6.45, 7) is 3.90. The molecule has 0 aliphatic carbocycles. The molecule has 30 heavy (non-hydrogen) atoms. The quantitative estimate of drug-likeness (QED) is 0.368. The van der Waals surface area contributed by atoms with Crippen LogP contribution in [0, 0.1) is 0 Å². The van der Waals surface area contributed by atoms with Crippen molar-refractivity contribution in [2.75, 3.05) is 5.32 Å². The lowest BCUT2D eigenvalue weighted by atomic mass is 10.1. The fourth-order valence-corrected chi connectivity index (χ4v) is 3.49. The summed E-state index contributed by atoms with van der Waals surface area (Å²) in [5.74, 6) is 0.884. The van der Waals surface area contributed by atoms with E-state index in [1.54, 1.807) is 48.5 Å². The topological polar surface area (TPSA) is 64.4 Å². The molecular weight excluding hydrogens is 423 g/mol. The highest BCUT2D eigenvalue weighted by Gasteiger charge is 2.13. The predicted molar refractivity (Wildman–Crippen MR) is 120 cm³/mol. The number of benzene rings is 3. The Labute approximate surface area is 183 Å². The van der Waals surface area contributed by atoms with E-state index >= 15 is 0 Å². The number of hydrogen-bond acceptors (Lipinski definition) is 4. The predicted octanol–water partition coefficient (Wildman–Crippen LogP) is 6.84. The summed E-state index contributed by atoms with van der Waals surface area (Å²) in [6.07, 6.45) is 0.0742. The lowest BCUT2D eigenvalue weighted by Gasteiger charge is -2.10. The SMILES string of the molecule is CC(C)Oc1ccc(C(=O)Nc2cccc(-c3nc4cc(Cl)cc(Cl)c4o3)c2)cc1. The van der Waals surface area contributed by atoms with Gasteiger partial charge in [0.05, 0.1) is 11.1 Å². The van der Waals surface area contributed by atoms with Gasteiger partial charge in [-0.3, -0.25) is 4.79 Å². The molecule has 0 aliphatic heterocycles. The third-order valence-corrected chi connectivity index (χ3v) is 4.76. The maximum absolute atomic E-state index is 12.6. The molecule has 1 N–H and O–H groups in total. The van der Waals surface area contributed by atoms with Gasteiger partial charge in [-0.15, -0.1) is 0 Å². The van der Waals surface area contributed by atoms with Gasteiger partial charge >= 0.3 is 0 Å². The Morgan fingerprint density at radius 3 is 2.57 bits per heavy atom. The molecule has 0 fully saturated rings. The number of carbonyl (C=O) groups is 1. The van der Waals surface area contributed by atoms with E-state index in [0.717, 1.165) is 5.75 Å². The van der Waals surface area contributed by atoms with Crippen molar-refractivity contribution < 1.29 is 13.9 Å². The highest BCUT2D eigenvalue weighted by molar-refractivity contribution is 6.38. The second-order valence-corrected chi connectivity index (χ2v) is 7.82. The van der Waals surface area contributed by atoms with E-state index < -0.39 is 0 Å². The Morgan fingerprint density at radius 2 is 1.83 bits per heavy atom. The molecule has 0 aliphatic rings. The highest BCUT2D eigenvalue weighted by Crippen LogP contribution is 2.32. The Kier molecular flexibility index (Phi) is 5.66. The van der Waals surface area contributed by atoms with Crippen LogP contribution in [0.2, 0.25) is 10.0 Å². The van der Waals surface area contributed by atoms with Crippen LogP contribution >= 0.6 is 23.2 Å². The van der Waals surface area contributed by atoms with Crippen LogP contribution in [0.15, 0.2) is 65.1 Å². The first kappa shape index (κ1) is 20.3. The second kappa shape index (κ2) is 8.38. The summed E-state index contributed by atoms with van der Waals surface area (Å²) in [6, 6.07) is 17.5. The average Bonchev–Trinajstić information content (AvgIpc) is 3.13. The van der Waals surface area contributed by atoms with E-state index in [1.165, 1.54) is 0 Å². The van der Waals surface area contributed by atoms with Crippen LogP contribution in [0.3, 0.4) is 0 Å². The fraction of sp³-hybridized carbons (Fsp3) is 0.130. The van der Waals surface area contributed by atoms with Gasteiger partial charge in [0.25, 0.3) is 5.91 Å². The van der Waals surface area contributed by atoms with E-state index in [9.17, 15) is 4.79 Å². The summed E-state index contributed by atoms with van der Waals surface area (Å²) in [5, 5.41) is 3.76. The molecule has 0 atom stereocenters. The minimum Gasteiger partial charge on any atom is -0.491 e. The van der Waals surface area contributed by atoms with Crippen molar-refractivity contribution in [1.29, 1.82) is 0 Å². The minimum atomic E-state index is -0.226. The van der Waals surface area contributed by atoms with Crippen LogP contribution in [0.25, 0.3) is 22.6 Å². The van der Waals surface area contributed by atoms with Crippen LogP contribution in [0.4, 0.5) is 5.69 Å². The summed E-state index contributed by atoms with van der Waals surface area (Å²) in [7, 11) is 0. The molecule has 3 aromatic carbocycles. The molecule has 0 unspecified atom stereocenters. The first-order valence-electron chi connectivity index (χ1n) is 9.33. The Bertz CT molecular complexity index is 1220. The number of hydrogen-bond donors (Lipinski definition) is 1. The van der Waals surface area contributed by atoms with Gasteiger partial charge in [-0.05, 0) is 68.4 Å². The second-order valence-electron chi connectivity index (χ2n) is 6.98. The highest BCUT2D eigenvalue weighted by atomic mass is 35.5. The van der Waals surface area contributed by atoms with Gasteiger partial charge in [0.1, 0.15) is 11.3 Å². The van der Waals surface area contributed by atoms with Crippen molar-refractivity contribution in [2.45, 2.75) is 20.0 Å². The molecule has 0 bridgehead atoms. The van der Waals surface area contributed by atoms with Gasteiger partial charge in [0, 0.05) is 21.8 Å². The number of amides is 1. The molecule has 1 heterocycles. The van der Waals surface area contributed by atoms with Crippen LogP contribution < -0.4 is 10.1 Å². The molecule has 152 valence electrons. The monoisotopic (exact) mass is 440 g/mol. The number of nitrogens with zero attached hydrogens (tertiary/aromatic N) is 1. The van der Waals surface area contributed by atoms with E-state index in [1.807, 2.05) is 26.0 Å². The van der Waals surface area contributed by atoms with Gasteiger partial charge in [0.2, 0.25) is 5.89 Å². The first-order chi connectivity index (χ1) is 14.4. The van der Waals surface area contributed by atoms with Gasteiger partial charge in [-0.2, -0.15) is 0 Å². The molecule has 0 spiro atoms. The first-order valence-corrected chi connectivity index (χ1v) is 10.1. The van der Waals surface area contributed by atoms with Gasteiger partial charge in [-0.25, -0.2) is 4.98 Å². The zero-order valence-corrected chi connectivity index (χ0v) is 17.8. The Morgan fingerprint density at radius 1 is 1.07 bits per heavy atom. The van der Waals surface area contributed by atoms with Crippen LogP contribution in [0.1, 0.15) is 24.2 Å². The molecule has 1 amide bonds. The molecule has 0 saturated heterocycles. The maximum atomic E-state index is 12.6. The number of fused-ring (bicyclic) bond motifs is 1. The molecule has 0 radical (unpaired) electrons. The number of anilines is 1. The number of aromatic nitrogens is 1. The summed E-state index contributed by atoms with van der Waals surface area (Å²) >= 11 is 12.2. The van der Waals surface area contributed by atoms with E-state index in [4.69, 9.17) is 32.4 Å². The summed E-state index contributed by atoms with van der Waals surface area (Å²) in [4.78, 5) is 17.0.